The summed E-state index contributed by atoms with van der Waals surface area (Å²) < 4.78 is 46.3. The van der Waals surface area contributed by atoms with Gasteiger partial charge in [0.2, 0.25) is 0 Å². The fraction of sp³-hybridized carbons (Fsp3) is 0.458. The van der Waals surface area contributed by atoms with Crippen LogP contribution >= 0.6 is 0 Å². The number of hydrogen-bond donors (Lipinski definition) is 1. The molecule has 2 aromatic rings. The van der Waals surface area contributed by atoms with Gasteiger partial charge in [0.05, 0.1) is 6.10 Å². The number of ether oxygens (including phenoxy) is 2. The van der Waals surface area contributed by atoms with Crippen molar-refractivity contribution in [2.75, 3.05) is 13.1 Å². The lowest BCUT2D eigenvalue weighted by atomic mass is 9.84. The van der Waals surface area contributed by atoms with Crippen molar-refractivity contribution >= 4 is 5.78 Å². The van der Waals surface area contributed by atoms with Crippen LogP contribution in [0.4, 0.5) is 13.2 Å². The highest BCUT2D eigenvalue weighted by molar-refractivity contribution is 5.89. The molecule has 1 N–H and O–H groups in total. The second-order valence-corrected chi connectivity index (χ2v) is 8.41. The van der Waals surface area contributed by atoms with Gasteiger partial charge in [-0.2, -0.15) is 0 Å². The van der Waals surface area contributed by atoms with E-state index in [4.69, 9.17) is 4.74 Å². The molecule has 1 heterocycles. The zero-order chi connectivity index (χ0) is 23.4. The van der Waals surface area contributed by atoms with Gasteiger partial charge < -0.3 is 14.6 Å². The van der Waals surface area contributed by atoms with Crippen LogP contribution in [0.1, 0.15) is 37.8 Å². The molecule has 0 radical (unpaired) electrons. The summed E-state index contributed by atoms with van der Waals surface area (Å²) in [6.07, 6.45) is -3.86. The Balaban J connectivity index is 1.49. The van der Waals surface area contributed by atoms with Crippen LogP contribution < -0.4 is 9.47 Å². The molecule has 2 aromatic carbocycles. The van der Waals surface area contributed by atoms with Gasteiger partial charge >= 0.3 is 6.36 Å². The minimum absolute atomic E-state index is 0.0690. The number of carbonyl (C=O) groups excluding carboxylic acids is 1. The maximum Gasteiger partial charge on any atom is 0.573 e. The van der Waals surface area contributed by atoms with Crippen LogP contribution in [0, 0.1) is 0 Å². The lowest BCUT2D eigenvalue weighted by Crippen LogP contribution is -2.49. The molecular formula is C24H28F3NO4. The zero-order valence-corrected chi connectivity index (χ0v) is 18.2. The Morgan fingerprint density at radius 3 is 2.06 bits per heavy atom. The summed E-state index contributed by atoms with van der Waals surface area (Å²) >= 11 is 0. The zero-order valence-electron chi connectivity index (χ0n) is 18.2. The molecule has 3 rings (SSSR count). The first-order valence-corrected chi connectivity index (χ1v) is 10.6. The molecule has 5 nitrogen and oxygen atoms in total. The number of hydrogen-bond acceptors (Lipinski definition) is 5. The normalized spacial score (nSPS) is 16.7. The van der Waals surface area contributed by atoms with E-state index in [2.05, 4.69) is 9.64 Å². The van der Waals surface area contributed by atoms with Crippen LogP contribution in [0.3, 0.4) is 0 Å². The third-order valence-corrected chi connectivity index (χ3v) is 5.43. The standard InChI is InChI=1S/C24H28F3NO4/c1-17(2)31-20-7-3-18(4-8-20)15-22(29)23(30)11-13-28(14-12-23)16-19-5-9-21(10-6-19)32-24(25,26)27/h3-10,17,30H,11-16H2,1-2H3. The van der Waals surface area contributed by atoms with Gasteiger partial charge in [-0.25, -0.2) is 0 Å². The van der Waals surface area contributed by atoms with Crippen molar-refractivity contribution in [1.29, 1.82) is 0 Å². The van der Waals surface area contributed by atoms with Crippen LogP contribution in [-0.2, 0) is 17.8 Å². The Kier molecular flexibility index (Phi) is 7.46. The summed E-state index contributed by atoms with van der Waals surface area (Å²) in [4.78, 5) is 14.8. The SMILES string of the molecule is CC(C)Oc1ccc(CC(=O)C2(O)CCN(Cc3ccc(OC(F)(F)F)cc3)CC2)cc1. The van der Waals surface area contributed by atoms with E-state index in [0.717, 1.165) is 16.9 Å². The lowest BCUT2D eigenvalue weighted by molar-refractivity contribution is -0.274. The van der Waals surface area contributed by atoms with Gasteiger partial charge in [-0.05, 0) is 62.1 Å². The highest BCUT2D eigenvalue weighted by atomic mass is 19.4. The average molecular weight is 451 g/mol. The molecule has 1 fully saturated rings. The number of Topliss-reactive ketones (excluding diaryl/α,β-unsaturated/α-hetero) is 1. The van der Waals surface area contributed by atoms with E-state index in [0.29, 0.717) is 32.5 Å². The lowest BCUT2D eigenvalue weighted by Gasteiger charge is -2.37. The molecule has 0 unspecified atom stereocenters. The van der Waals surface area contributed by atoms with E-state index >= 15 is 0 Å². The number of ketones is 1. The molecule has 1 aliphatic rings. The van der Waals surface area contributed by atoms with Gasteiger partial charge in [0.1, 0.15) is 17.1 Å². The summed E-state index contributed by atoms with van der Waals surface area (Å²) in [5.74, 6) is 0.271. The molecule has 0 bridgehead atoms. The second kappa shape index (κ2) is 9.92. The smallest absolute Gasteiger partial charge is 0.491 e. The van der Waals surface area contributed by atoms with E-state index in [9.17, 15) is 23.1 Å². The average Bonchev–Trinajstić information content (AvgIpc) is 2.71. The van der Waals surface area contributed by atoms with Crippen molar-refractivity contribution in [2.45, 2.75) is 57.7 Å². The summed E-state index contributed by atoms with van der Waals surface area (Å²) in [6.45, 7) is 5.44. The van der Waals surface area contributed by atoms with Crippen molar-refractivity contribution < 1.29 is 32.5 Å². The number of nitrogens with zero attached hydrogens (tertiary/aromatic N) is 1. The molecule has 0 aliphatic carbocycles. The van der Waals surface area contributed by atoms with E-state index in [1.165, 1.54) is 12.1 Å². The maximum absolute atomic E-state index is 12.8. The molecule has 0 aromatic heterocycles. The summed E-state index contributed by atoms with van der Waals surface area (Å²) in [5.41, 5.74) is 0.289. The highest BCUT2D eigenvalue weighted by Gasteiger charge is 2.38. The molecule has 1 saturated heterocycles. The third kappa shape index (κ3) is 6.97. The molecular weight excluding hydrogens is 423 g/mol. The number of benzene rings is 2. The minimum Gasteiger partial charge on any atom is -0.491 e. The van der Waals surface area contributed by atoms with Gasteiger partial charge in [0.15, 0.2) is 5.78 Å². The Hall–Kier alpha value is -2.58. The summed E-state index contributed by atoms with van der Waals surface area (Å²) in [6, 6.07) is 13.0. The molecule has 8 heteroatoms. The fourth-order valence-corrected chi connectivity index (χ4v) is 3.72. The topological polar surface area (TPSA) is 59.0 Å². The molecule has 0 amide bonds. The predicted octanol–water partition coefficient (Wildman–Crippen LogP) is 4.51. The highest BCUT2D eigenvalue weighted by Crippen LogP contribution is 2.27. The molecule has 0 spiro atoms. The van der Waals surface area contributed by atoms with Crippen molar-refractivity contribution in [3.8, 4) is 11.5 Å². The van der Waals surface area contributed by atoms with E-state index in [1.807, 2.05) is 38.1 Å². The first-order chi connectivity index (χ1) is 15.0. The first kappa shape index (κ1) is 24.1. The number of halogens is 3. The van der Waals surface area contributed by atoms with Crippen LogP contribution in [0.15, 0.2) is 48.5 Å². The molecule has 0 saturated carbocycles. The number of rotatable bonds is 8. The minimum atomic E-state index is -4.71. The van der Waals surface area contributed by atoms with E-state index in [1.54, 1.807) is 12.1 Å². The van der Waals surface area contributed by atoms with Crippen molar-refractivity contribution in [3.63, 3.8) is 0 Å². The van der Waals surface area contributed by atoms with E-state index in [-0.39, 0.29) is 24.1 Å². The van der Waals surface area contributed by atoms with Gasteiger partial charge in [0.25, 0.3) is 0 Å². The largest absolute Gasteiger partial charge is 0.573 e. The van der Waals surface area contributed by atoms with Crippen molar-refractivity contribution in [3.05, 3.63) is 59.7 Å². The van der Waals surface area contributed by atoms with Crippen LogP contribution in [0.5, 0.6) is 11.5 Å². The monoisotopic (exact) mass is 451 g/mol. The van der Waals surface area contributed by atoms with Gasteiger partial charge in [-0.15, -0.1) is 13.2 Å². The molecule has 1 aliphatic heterocycles. The third-order valence-electron chi connectivity index (χ3n) is 5.43. The van der Waals surface area contributed by atoms with E-state index < -0.39 is 12.0 Å². The molecule has 0 atom stereocenters. The van der Waals surface area contributed by atoms with Gasteiger partial charge in [0, 0.05) is 26.1 Å². The number of carbonyl (C=O) groups is 1. The predicted molar refractivity (Wildman–Crippen MR) is 114 cm³/mol. The molecule has 174 valence electrons. The summed E-state index contributed by atoms with van der Waals surface area (Å²) in [7, 11) is 0. The van der Waals surface area contributed by atoms with Gasteiger partial charge in [-0.3, -0.25) is 9.69 Å². The second-order valence-electron chi connectivity index (χ2n) is 8.41. The quantitative estimate of drug-likeness (QED) is 0.640. The Labute approximate surface area is 185 Å². The molecule has 32 heavy (non-hydrogen) atoms. The summed E-state index contributed by atoms with van der Waals surface area (Å²) in [5, 5.41) is 10.9. The Morgan fingerprint density at radius 2 is 1.53 bits per heavy atom. The number of likely N-dealkylation sites (tertiary alicyclic amines) is 1. The number of aliphatic hydroxyl groups is 1. The Bertz CT molecular complexity index is 887. The van der Waals surface area contributed by atoms with Gasteiger partial charge in [-0.1, -0.05) is 24.3 Å². The van der Waals surface area contributed by atoms with Crippen LogP contribution in [0.25, 0.3) is 0 Å². The van der Waals surface area contributed by atoms with Crippen LogP contribution in [-0.4, -0.2) is 46.9 Å². The van der Waals surface area contributed by atoms with Crippen LogP contribution in [0.2, 0.25) is 0 Å². The maximum atomic E-state index is 12.8. The number of alkyl halides is 3. The fourth-order valence-electron chi connectivity index (χ4n) is 3.72. The van der Waals surface area contributed by atoms with Crippen molar-refractivity contribution in [1.82, 2.24) is 4.90 Å². The van der Waals surface area contributed by atoms with Crippen molar-refractivity contribution in [2.24, 2.45) is 0 Å². The first-order valence-electron chi connectivity index (χ1n) is 10.6. The number of piperidine rings is 1. The Morgan fingerprint density at radius 1 is 1.00 bits per heavy atom.